The molecule has 20 heteroatoms. The molecule has 5 heterocycles. The predicted octanol–water partition coefficient (Wildman–Crippen LogP) is 15.5. The molecular formula is C102H120Cl2N12O6. The molecule has 122 heavy (non-hydrogen) atoms. The summed E-state index contributed by atoms with van der Waals surface area (Å²) in [6, 6.07) is 83.8. The Balaban J connectivity index is 0.000000158. The van der Waals surface area contributed by atoms with E-state index in [-0.39, 0.29) is 77.5 Å². The molecule has 6 amide bonds. The number of hydrogen-bond donors (Lipinski definition) is 7. The summed E-state index contributed by atoms with van der Waals surface area (Å²) in [7, 11) is 0. The van der Waals surface area contributed by atoms with Crippen molar-refractivity contribution >= 4 is 86.3 Å². The van der Waals surface area contributed by atoms with Gasteiger partial charge in [0.25, 0.3) is 11.8 Å². The minimum absolute atomic E-state index is 0.00818. The topological polar surface area (TPSA) is 217 Å². The van der Waals surface area contributed by atoms with E-state index in [0.29, 0.717) is 92.4 Å². The first-order valence-corrected chi connectivity index (χ1v) is 44.9. The lowest BCUT2D eigenvalue weighted by atomic mass is 9.90. The maximum Gasteiger partial charge on any atom is 0.251 e. The van der Waals surface area contributed by atoms with Crippen molar-refractivity contribution in [1.82, 2.24) is 56.4 Å². The Hall–Kier alpha value is -10.4. The zero-order valence-corrected chi connectivity index (χ0v) is 71.9. The second-order valence-corrected chi connectivity index (χ2v) is 34.0. The van der Waals surface area contributed by atoms with Crippen molar-refractivity contribution in [3.8, 4) is 0 Å². The highest BCUT2D eigenvalue weighted by atomic mass is 35.5. The van der Waals surface area contributed by atoms with Crippen molar-refractivity contribution in [3.63, 3.8) is 0 Å². The molecule has 0 spiro atoms. The van der Waals surface area contributed by atoms with Crippen LogP contribution in [-0.2, 0) is 19.2 Å². The summed E-state index contributed by atoms with van der Waals surface area (Å²) in [4.78, 5) is 91.4. The fourth-order valence-corrected chi connectivity index (χ4v) is 18.0. The molecule has 5 fully saturated rings. The summed E-state index contributed by atoms with van der Waals surface area (Å²) in [6.45, 7) is 14.2. The van der Waals surface area contributed by atoms with Gasteiger partial charge in [0.2, 0.25) is 23.6 Å². The molecule has 0 unspecified atom stereocenters. The van der Waals surface area contributed by atoms with E-state index in [0.717, 1.165) is 111 Å². The number of amides is 6. The third-order valence-electron chi connectivity index (χ3n) is 24.7. The Morgan fingerprint density at radius 2 is 0.779 bits per heavy atom. The van der Waals surface area contributed by atoms with Crippen LogP contribution in [0, 0.1) is 0 Å². The molecule has 5 aliphatic heterocycles. The molecule has 0 bridgehead atoms. The molecule has 18 nitrogen and oxygen atoms in total. The van der Waals surface area contributed by atoms with Crippen LogP contribution in [-0.4, -0.2) is 201 Å². The van der Waals surface area contributed by atoms with Gasteiger partial charge < -0.3 is 62.1 Å². The van der Waals surface area contributed by atoms with E-state index in [9.17, 15) is 28.8 Å². The van der Waals surface area contributed by atoms with Gasteiger partial charge in [-0.1, -0.05) is 243 Å². The lowest BCUT2D eigenvalue weighted by Gasteiger charge is -2.31. The summed E-state index contributed by atoms with van der Waals surface area (Å²) in [5.41, 5.74) is 14.1. The predicted molar refractivity (Wildman–Crippen MR) is 495 cm³/mol. The smallest absolute Gasteiger partial charge is 0.251 e. The third kappa shape index (κ3) is 26.1. The fourth-order valence-electron chi connectivity index (χ4n) is 17.7. The second-order valence-electron chi connectivity index (χ2n) is 33.2. The number of nitrogens with two attached hydrogens (primary N) is 1. The number of carbonyl (C=O) groups excluding carboxylic acids is 6. The monoisotopic (exact) mass is 1680 g/mol. The highest BCUT2D eigenvalue weighted by molar-refractivity contribution is 6.31. The van der Waals surface area contributed by atoms with Crippen LogP contribution in [0.15, 0.2) is 261 Å². The first-order valence-electron chi connectivity index (χ1n) is 44.2. The van der Waals surface area contributed by atoms with Crippen LogP contribution in [0.1, 0.15) is 156 Å². The highest BCUT2D eigenvalue weighted by Crippen LogP contribution is 2.31. The Bertz CT molecular complexity index is 4930. The number of hydrogen-bond acceptors (Lipinski definition) is 12. The maximum absolute atomic E-state index is 14.1. The number of likely N-dealkylation sites (tertiary alicyclic amines) is 2. The first kappa shape index (κ1) is 89.4. The molecule has 10 aromatic carbocycles. The van der Waals surface area contributed by atoms with Crippen LogP contribution in [0.3, 0.4) is 0 Å². The van der Waals surface area contributed by atoms with Gasteiger partial charge in [0, 0.05) is 135 Å². The molecule has 5 aliphatic rings. The first-order chi connectivity index (χ1) is 59.7. The third-order valence-corrected chi connectivity index (χ3v) is 25.2. The largest absolute Gasteiger partial charge is 0.351 e. The van der Waals surface area contributed by atoms with Crippen molar-refractivity contribution in [1.29, 1.82) is 0 Å². The minimum Gasteiger partial charge on any atom is -0.351 e. The average molecular weight is 1680 g/mol. The van der Waals surface area contributed by atoms with Crippen molar-refractivity contribution in [2.45, 2.75) is 138 Å². The van der Waals surface area contributed by atoms with Gasteiger partial charge in [-0.05, 0) is 213 Å². The van der Waals surface area contributed by atoms with Crippen molar-refractivity contribution in [2.24, 2.45) is 5.73 Å². The molecular weight excluding hydrogens is 1560 g/mol. The molecule has 7 atom stereocenters. The molecule has 0 aliphatic carbocycles. The van der Waals surface area contributed by atoms with Gasteiger partial charge in [0.15, 0.2) is 0 Å². The molecule has 0 aromatic heterocycles. The number of rotatable bonds is 30. The standard InChI is InChI=1S/C37H42N4O2.C33H35ClN4O2.C32H43ClN4O2/c42-36(32-18-17-28-11-7-8-16-31(28)25-32)38-26-33-19-24-41(37(43)35(39-33)20-23-40-21-9-10-22-40)27-34(29-12-3-1-4-13-29)30-14-5-2-6-15-30;34-28-14-13-25-19-27(12-11-26(25)20-28)32(39)36-21-29-16-18-38(33(40)31(37-29)15-17-35)22-30(23-7-3-1-4-8-23)24-9-5-2-6-10-24;1-2-26(27-9-5-3-6-10-27)24-37-22-17-29(23-34-31(38)16-13-25-11-14-28(33)15-12-25)35-30(32(37)39)18-21-36-19-7-4-8-20-36/h1-8,11-18,25,33-35,39H,9-10,19-24,26-27H2,(H,38,42);1-14,19-20,29-31,37H,15-18,21-22,35H2,(H,36,39);3,5-6,9-16,26,29-30,35H,2,4,7-8,17-24H2,1H3,(H,34,38)/b;;16-13+/t33-,35-;29-,31-;26-,29+,30+/m001/s1. The van der Waals surface area contributed by atoms with Gasteiger partial charge in [-0.2, -0.15) is 0 Å². The van der Waals surface area contributed by atoms with Gasteiger partial charge in [0.05, 0.1) is 18.1 Å². The summed E-state index contributed by atoms with van der Waals surface area (Å²) >= 11 is 12.0. The SMILES string of the molecule is CC[C@H](CN1CC[C@@H](CNC(=O)/C=C/c2ccc(Cl)cc2)N[C@@H](CCN2CCCCC2)C1=O)c1ccccc1.NCC[C@@H]1N[C@H](CNC(=O)c2ccc3cc(Cl)ccc3c2)CCN(CC(c2ccccc2)c2ccccc2)C1=O.O=C(NC[C@@H]1CCN(CC(c2ccccc2)c2ccccc2)C(=O)[C@H](CCN2CCCC2)N1)c1ccc2ccccc2c1. The highest BCUT2D eigenvalue weighted by Gasteiger charge is 2.37. The number of fused-ring (bicyclic) bond motifs is 2. The molecule has 10 aromatic rings. The number of benzene rings is 10. The van der Waals surface area contributed by atoms with Crippen LogP contribution in [0.2, 0.25) is 10.0 Å². The minimum atomic E-state index is -0.396. The van der Waals surface area contributed by atoms with Gasteiger partial charge >= 0.3 is 0 Å². The number of piperidine rings is 1. The quantitative estimate of drug-likeness (QED) is 0.0209. The van der Waals surface area contributed by atoms with Crippen molar-refractivity contribution < 1.29 is 28.8 Å². The lowest BCUT2D eigenvalue weighted by molar-refractivity contribution is -0.134. The van der Waals surface area contributed by atoms with Crippen molar-refractivity contribution in [2.75, 3.05) is 105 Å². The number of nitrogens with zero attached hydrogens (tertiary/aromatic N) is 5. The summed E-state index contributed by atoms with van der Waals surface area (Å²) < 4.78 is 0. The second kappa shape index (κ2) is 46.2. The van der Waals surface area contributed by atoms with E-state index >= 15 is 0 Å². The van der Waals surface area contributed by atoms with Crippen molar-refractivity contribution in [3.05, 3.63) is 315 Å². The van der Waals surface area contributed by atoms with Gasteiger partial charge in [-0.25, -0.2) is 0 Å². The number of carbonyl (C=O) groups is 6. The Kier molecular flexibility index (Phi) is 33.8. The van der Waals surface area contributed by atoms with Gasteiger partial charge in [-0.3, -0.25) is 28.8 Å². The summed E-state index contributed by atoms with van der Waals surface area (Å²) in [6.07, 6.45) is 15.0. The molecule has 8 N–H and O–H groups in total. The van der Waals surface area contributed by atoms with Crippen LogP contribution >= 0.6 is 23.2 Å². The van der Waals surface area contributed by atoms with E-state index < -0.39 is 6.04 Å². The van der Waals surface area contributed by atoms with E-state index in [1.807, 2.05) is 157 Å². The van der Waals surface area contributed by atoms with Crippen LogP contribution in [0.5, 0.6) is 0 Å². The van der Waals surface area contributed by atoms with Crippen LogP contribution in [0.4, 0.5) is 0 Å². The summed E-state index contributed by atoms with van der Waals surface area (Å²) in [5, 5.41) is 25.5. The normalized spacial score (nSPS) is 19.6. The van der Waals surface area contributed by atoms with Gasteiger partial charge in [-0.15, -0.1) is 0 Å². The molecule has 5 saturated heterocycles. The molecule has 0 radical (unpaired) electrons. The molecule has 0 saturated carbocycles. The molecule has 15 rings (SSSR count). The van der Waals surface area contributed by atoms with E-state index in [2.05, 4.69) is 162 Å². The zero-order chi connectivity index (χ0) is 84.8. The number of halogens is 2. The maximum atomic E-state index is 14.1. The average Bonchev–Trinajstić information content (AvgIpc) is 1.29. The van der Waals surface area contributed by atoms with E-state index in [1.165, 1.54) is 59.9 Å². The van der Waals surface area contributed by atoms with Crippen LogP contribution in [0.25, 0.3) is 27.6 Å². The fraction of sp³-hybridized carbons (Fsp3) is 0.373. The van der Waals surface area contributed by atoms with E-state index in [1.54, 1.807) is 12.2 Å². The lowest BCUT2D eigenvalue weighted by Crippen LogP contribution is -2.50. The molecule has 638 valence electrons. The Morgan fingerprint density at radius 3 is 1.23 bits per heavy atom. The van der Waals surface area contributed by atoms with Crippen LogP contribution < -0.4 is 37.6 Å². The summed E-state index contributed by atoms with van der Waals surface area (Å²) in [5.74, 6) is 0.517. The zero-order valence-electron chi connectivity index (χ0n) is 70.4. The Morgan fingerprint density at radius 1 is 0.410 bits per heavy atom. The Labute approximate surface area is 730 Å². The van der Waals surface area contributed by atoms with Gasteiger partial charge in [0.1, 0.15) is 0 Å². The number of nitrogens with one attached hydrogen (secondary N) is 6. The van der Waals surface area contributed by atoms with E-state index in [4.69, 9.17) is 28.9 Å².